The maximum atomic E-state index is 11.4. The predicted molar refractivity (Wildman–Crippen MR) is 73.4 cm³/mol. The molecule has 0 spiro atoms. The number of hydrogen-bond acceptors (Lipinski definition) is 4. The number of pyridine rings is 1. The molecule has 0 aliphatic rings. The molecule has 0 aliphatic heterocycles. The van der Waals surface area contributed by atoms with E-state index in [1.165, 1.54) is 0 Å². The van der Waals surface area contributed by atoms with Crippen LogP contribution >= 0.6 is 0 Å². The van der Waals surface area contributed by atoms with Crippen molar-refractivity contribution in [3.63, 3.8) is 0 Å². The van der Waals surface area contributed by atoms with E-state index in [1.807, 2.05) is 17.6 Å². The highest BCUT2D eigenvalue weighted by atomic mass is 32.2. The average molecular weight is 264 g/mol. The Kier molecular flexibility index (Phi) is 3.76. The molecule has 0 aliphatic carbocycles. The van der Waals surface area contributed by atoms with Crippen molar-refractivity contribution in [2.75, 3.05) is 12.0 Å². The van der Waals surface area contributed by atoms with Crippen molar-refractivity contribution in [3.8, 4) is 11.3 Å². The first-order chi connectivity index (χ1) is 8.58. The fourth-order valence-electron chi connectivity index (χ4n) is 1.70. The molecule has 2 rings (SSSR count). The second kappa shape index (κ2) is 5.30. The van der Waals surface area contributed by atoms with Gasteiger partial charge in [-0.2, -0.15) is 0 Å². The van der Waals surface area contributed by atoms with Gasteiger partial charge in [-0.25, -0.2) is 9.97 Å². The van der Waals surface area contributed by atoms with Crippen LogP contribution in [0, 0.1) is 0 Å². The van der Waals surface area contributed by atoms with Crippen LogP contribution in [0.5, 0.6) is 0 Å². The monoisotopic (exact) mass is 264 g/mol. The van der Waals surface area contributed by atoms with Gasteiger partial charge < -0.3 is 10.3 Å². The van der Waals surface area contributed by atoms with Crippen molar-refractivity contribution in [2.45, 2.75) is 18.7 Å². The normalized spacial score (nSPS) is 14.3. The maximum absolute atomic E-state index is 11.4. The molecule has 0 saturated heterocycles. The van der Waals surface area contributed by atoms with Crippen LogP contribution in [-0.4, -0.2) is 30.2 Å². The van der Waals surface area contributed by atoms with Crippen molar-refractivity contribution in [1.82, 2.24) is 14.5 Å². The third-order valence-electron chi connectivity index (χ3n) is 2.81. The van der Waals surface area contributed by atoms with E-state index in [4.69, 9.17) is 5.73 Å². The van der Waals surface area contributed by atoms with E-state index in [0.29, 0.717) is 12.4 Å². The summed E-state index contributed by atoms with van der Waals surface area (Å²) in [6.07, 6.45) is 6.91. The molecule has 5 nitrogen and oxygen atoms in total. The Morgan fingerprint density at radius 2 is 2.33 bits per heavy atom. The van der Waals surface area contributed by atoms with E-state index in [1.54, 1.807) is 31.0 Å². The van der Waals surface area contributed by atoms with Gasteiger partial charge in [-0.1, -0.05) is 0 Å². The van der Waals surface area contributed by atoms with E-state index in [-0.39, 0.29) is 5.25 Å². The molecule has 18 heavy (non-hydrogen) atoms. The number of anilines is 1. The van der Waals surface area contributed by atoms with E-state index in [2.05, 4.69) is 9.97 Å². The molecule has 0 radical (unpaired) electrons. The summed E-state index contributed by atoms with van der Waals surface area (Å²) in [6.45, 7) is 2.63. The molecular formula is C12H16N4OS. The Morgan fingerprint density at radius 3 is 3.00 bits per heavy atom. The molecule has 2 unspecified atom stereocenters. The quantitative estimate of drug-likeness (QED) is 0.903. The summed E-state index contributed by atoms with van der Waals surface area (Å²) in [5.74, 6) is 0.479. The summed E-state index contributed by atoms with van der Waals surface area (Å²) in [7, 11) is -0.850. The number of aromatic nitrogens is 3. The van der Waals surface area contributed by atoms with Gasteiger partial charge in [0, 0.05) is 40.6 Å². The average Bonchev–Trinajstić information content (AvgIpc) is 2.77. The fourth-order valence-corrected chi connectivity index (χ4v) is 2.07. The number of nitrogen functional groups attached to an aromatic ring is 1. The van der Waals surface area contributed by atoms with Gasteiger partial charge in [0.2, 0.25) is 0 Å². The molecule has 0 amide bonds. The second-order valence-corrected chi connectivity index (χ2v) is 6.01. The van der Waals surface area contributed by atoms with Gasteiger partial charge in [0.25, 0.3) is 0 Å². The molecule has 2 heterocycles. The van der Waals surface area contributed by atoms with Crippen molar-refractivity contribution in [3.05, 3.63) is 30.9 Å². The molecule has 0 aromatic carbocycles. The van der Waals surface area contributed by atoms with Crippen LogP contribution in [-0.2, 0) is 17.3 Å². The van der Waals surface area contributed by atoms with Crippen LogP contribution in [0.4, 0.5) is 5.82 Å². The van der Waals surface area contributed by atoms with E-state index >= 15 is 0 Å². The van der Waals surface area contributed by atoms with Crippen LogP contribution in [0.1, 0.15) is 6.92 Å². The van der Waals surface area contributed by atoms with Gasteiger partial charge in [-0.05, 0) is 19.1 Å². The zero-order valence-electron chi connectivity index (χ0n) is 10.4. The first-order valence-corrected chi connectivity index (χ1v) is 7.24. The minimum Gasteiger partial charge on any atom is -0.384 e. The lowest BCUT2D eigenvalue weighted by atomic mass is 10.2. The van der Waals surface area contributed by atoms with Gasteiger partial charge in [0.05, 0.1) is 18.2 Å². The van der Waals surface area contributed by atoms with Gasteiger partial charge in [0.15, 0.2) is 0 Å². The predicted octanol–water partition coefficient (Wildman–Crippen LogP) is 1.29. The number of nitrogens with two attached hydrogens (primary N) is 1. The first kappa shape index (κ1) is 12.8. The lowest BCUT2D eigenvalue weighted by molar-refractivity contribution is 0.645. The lowest BCUT2D eigenvalue weighted by Gasteiger charge is -2.12. The Hall–Kier alpha value is -1.69. The maximum Gasteiger partial charge on any atom is 0.123 e. The van der Waals surface area contributed by atoms with E-state index in [9.17, 15) is 4.21 Å². The summed E-state index contributed by atoms with van der Waals surface area (Å²) in [5, 5.41) is 0.0807. The third-order valence-corrected chi connectivity index (χ3v) is 4.09. The second-order valence-electron chi connectivity index (χ2n) is 4.21. The fraction of sp³-hybridized carbons (Fsp3) is 0.333. The minimum atomic E-state index is -0.850. The topological polar surface area (TPSA) is 73.8 Å². The summed E-state index contributed by atoms with van der Waals surface area (Å²) >= 11 is 0. The van der Waals surface area contributed by atoms with E-state index < -0.39 is 10.8 Å². The minimum absolute atomic E-state index is 0.0807. The van der Waals surface area contributed by atoms with Crippen LogP contribution in [0.25, 0.3) is 11.3 Å². The summed E-state index contributed by atoms with van der Waals surface area (Å²) in [5.41, 5.74) is 7.60. The molecule has 96 valence electrons. The first-order valence-electron chi connectivity index (χ1n) is 5.62. The molecule has 2 aromatic rings. The van der Waals surface area contributed by atoms with Gasteiger partial charge in [0.1, 0.15) is 5.82 Å². The smallest absolute Gasteiger partial charge is 0.123 e. The van der Waals surface area contributed by atoms with Crippen LogP contribution in [0.15, 0.2) is 30.9 Å². The highest BCUT2D eigenvalue weighted by Crippen LogP contribution is 2.20. The Balaban J connectivity index is 2.30. The van der Waals surface area contributed by atoms with Crippen molar-refractivity contribution >= 4 is 16.6 Å². The Bertz CT molecular complexity index is 567. The van der Waals surface area contributed by atoms with Gasteiger partial charge >= 0.3 is 0 Å². The summed E-state index contributed by atoms with van der Waals surface area (Å²) in [6, 6.07) is 3.69. The van der Waals surface area contributed by atoms with Crippen LogP contribution in [0.2, 0.25) is 0 Å². The van der Waals surface area contributed by atoms with Gasteiger partial charge in [-0.3, -0.25) is 4.21 Å². The van der Waals surface area contributed by atoms with Crippen molar-refractivity contribution in [1.29, 1.82) is 0 Å². The largest absolute Gasteiger partial charge is 0.384 e. The van der Waals surface area contributed by atoms with Crippen LogP contribution in [0.3, 0.4) is 0 Å². The number of imidazole rings is 1. The molecule has 0 fully saturated rings. The summed E-state index contributed by atoms with van der Waals surface area (Å²) < 4.78 is 13.4. The zero-order valence-corrected chi connectivity index (χ0v) is 11.2. The highest BCUT2D eigenvalue weighted by molar-refractivity contribution is 7.84. The SMILES string of the molecule is CC(Cn1cncc1-c1ccnc(N)c1)S(C)=O. The molecule has 6 heteroatoms. The molecular weight excluding hydrogens is 248 g/mol. The number of hydrogen-bond donors (Lipinski definition) is 1. The van der Waals surface area contributed by atoms with Gasteiger partial charge in [-0.15, -0.1) is 0 Å². The third kappa shape index (κ3) is 2.76. The summed E-state index contributed by atoms with van der Waals surface area (Å²) in [4.78, 5) is 8.11. The highest BCUT2D eigenvalue weighted by Gasteiger charge is 2.11. The molecule has 0 bridgehead atoms. The van der Waals surface area contributed by atoms with Crippen molar-refractivity contribution < 1.29 is 4.21 Å². The zero-order chi connectivity index (χ0) is 13.1. The Morgan fingerprint density at radius 1 is 1.56 bits per heavy atom. The lowest BCUT2D eigenvalue weighted by Crippen LogP contribution is -2.17. The van der Waals surface area contributed by atoms with E-state index in [0.717, 1.165) is 11.3 Å². The molecule has 2 aromatic heterocycles. The Labute approximate surface area is 109 Å². The molecule has 2 atom stereocenters. The van der Waals surface area contributed by atoms with Crippen molar-refractivity contribution in [2.24, 2.45) is 0 Å². The van der Waals surface area contributed by atoms with Crippen LogP contribution < -0.4 is 5.73 Å². The number of nitrogens with zero attached hydrogens (tertiary/aromatic N) is 3. The molecule has 0 saturated carbocycles. The molecule has 2 N–H and O–H groups in total. The standard InChI is InChI=1S/C12H16N4OS/c1-9(18(2)17)7-16-8-14-6-11(16)10-3-4-15-12(13)5-10/h3-6,8-9H,7H2,1-2H3,(H2,13,15). The number of rotatable bonds is 4.